The van der Waals surface area contributed by atoms with Crippen LogP contribution in [0.3, 0.4) is 0 Å². The smallest absolute Gasteiger partial charge is 0.124 e. The second-order valence-corrected chi connectivity index (χ2v) is 5.07. The predicted molar refractivity (Wildman–Crippen MR) is 75.8 cm³/mol. The topological polar surface area (TPSA) is 45.1 Å². The molecule has 0 saturated carbocycles. The molecule has 2 aromatic rings. The minimum atomic E-state index is -0.274. The Morgan fingerprint density at radius 3 is 2.74 bits per heavy atom. The molecule has 2 unspecified atom stereocenters. The van der Waals surface area contributed by atoms with Crippen molar-refractivity contribution in [3.63, 3.8) is 0 Å². The standard InChI is InChI=1S/C15H19FN2O/c1-9(8-19)11(3)18-15-6-10(2)17-14-5-4-12(16)7-13(14)15/h4-7,9,11,19H,8H2,1-3H3,(H,17,18). The van der Waals surface area contributed by atoms with Gasteiger partial charge >= 0.3 is 0 Å². The number of rotatable bonds is 4. The molecule has 19 heavy (non-hydrogen) atoms. The molecule has 1 aromatic heterocycles. The summed E-state index contributed by atoms with van der Waals surface area (Å²) in [4.78, 5) is 4.39. The first kappa shape index (κ1) is 13.7. The maximum Gasteiger partial charge on any atom is 0.124 e. The van der Waals surface area contributed by atoms with Crippen LogP contribution in [0.25, 0.3) is 10.9 Å². The molecule has 1 aromatic carbocycles. The first-order valence-corrected chi connectivity index (χ1v) is 6.45. The fraction of sp³-hybridized carbons (Fsp3) is 0.400. The highest BCUT2D eigenvalue weighted by Crippen LogP contribution is 2.25. The molecule has 0 amide bonds. The molecular weight excluding hydrogens is 243 g/mol. The Morgan fingerprint density at radius 2 is 2.05 bits per heavy atom. The number of halogens is 1. The van der Waals surface area contributed by atoms with Gasteiger partial charge in [0.25, 0.3) is 0 Å². The van der Waals surface area contributed by atoms with Gasteiger partial charge in [0.15, 0.2) is 0 Å². The van der Waals surface area contributed by atoms with Crippen LogP contribution in [0.2, 0.25) is 0 Å². The number of nitrogens with one attached hydrogen (secondary N) is 1. The molecule has 0 aliphatic heterocycles. The van der Waals surface area contributed by atoms with Gasteiger partial charge in [-0.15, -0.1) is 0 Å². The Morgan fingerprint density at radius 1 is 1.32 bits per heavy atom. The number of aromatic nitrogens is 1. The van der Waals surface area contributed by atoms with Crippen LogP contribution in [0.15, 0.2) is 24.3 Å². The molecule has 0 aliphatic carbocycles. The van der Waals surface area contributed by atoms with E-state index in [2.05, 4.69) is 10.3 Å². The zero-order chi connectivity index (χ0) is 14.0. The Kier molecular flexibility index (Phi) is 4.00. The molecule has 0 aliphatic rings. The summed E-state index contributed by atoms with van der Waals surface area (Å²) in [6, 6.07) is 6.59. The lowest BCUT2D eigenvalue weighted by molar-refractivity contribution is 0.226. The number of benzene rings is 1. The van der Waals surface area contributed by atoms with Gasteiger partial charge in [0.2, 0.25) is 0 Å². The third-order valence-corrected chi connectivity index (χ3v) is 3.42. The van der Waals surface area contributed by atoms with Gasteiger partial charge in [-0.2, -0.15) is 0 Å². The molecule has 1 heterocycles. The van der Waals surface area contributed by atoms with E-state index in [1.54, 1.807) is 6.07 Å². The Bertz CT molecular complexity index is 586. The van der Waals surface area contributed by atoms with Crippen LogP contribution in [0, 0.1) is 18.7 Å². The number of hydrogen-bond acceptors (Lipinski definition) is 3. The number of aliphatic hydroxyl groups is 1. The van der Waals surface area contributed by atoms with Gasteiger partial charge in [0, 0.05) is 29.4 Å². The zero-order valence-corrected chi connectivity index (χ0v) is 11.4. The van der Waals surface area contributed by atoms with Gasteiger partial charge in [-0.3, -0.25) is 4.98 Å². The minimum Gasteiger partial charge on any atom is -0.396 e. The highest BCUT2D eigenvalue weighted by Gasteiger charge is 2.13. The third-order valence-electron chi connectivity index (χ3n) is 3.42. The van der Waals surface area contributed by atoms with Crippen molar-refractivity contribution in [2.75, 3.05) is 11.9 Å². The Labute approximate surface area is 112 Å². The average molecular weight is 262 g/mol. The van der Waals surface area contributed by atoms with Crippen LogP contribution in [0.1, 0.15) is 19.5 Å². The average Bonchev–Trinajstić information content (AvgIpc) is 2.38. The molecule has 102 valence electrons. The van der Waals surface area contributed by atoms with Crippen molar-refractivity contribution in [1.82, 2.24) is 4.98 Å². The summed E-state index contributed by atoms with van der Waals surface area (Å²) in [6.07, 6.45) is 0. The predicted octanol–water partition coefficient (Wildman–Crippen LogP) is 3.11. The number of hydrogen-bond donors (Lipinski definition) is 2. The van der Waals surface area contributed by atoms with Gasteiger partial charge in [-0.25, -0.2) is 4.39 Å². The zero-order valence-electron chi connectivity index (χ0n) is 11.4. The van der Waals surface area contributed by atoms with Crippen LogP contribution in [-0.4, -0.2) is 22.7 Å². The lowest BCUT2D eigenvalue weighted by Crippen LogP contribution is -2.26. The maximum atomic E-state index is 13.4. The Hall–Kier alpha value is -1.68. The van der Waals surface area contributed by atoms with E-state index in [4.69, 9.17) is 0 Å². The number of pyridine rings is 1. The number of aryl methyl sites for hydroxylation is 1. The fourth-order valence-electron chi connectivity index (χ4n) is 2.00. The van der Waals surface area contributed by atoms with Gasteiger partial charge < -0.3 is 10.4 Å². The highest BCUT2D eigenvalue weighted by molar-refractivity contribution is 5.91. The number of nitrogens with zero attached hydrogens (tertiary/aromatic N) is 1. The van der Waals surface area contributed by atoms with Crippen LogP contribution in [0.5, 0.6) is 0 Å². The molecule has 0 saturated heterocycles. The van der Waals surface area contributed by atoms with Gasteiger partial charge in [0.1, 0.15) is 5.82 Å². The second kappa shape index (κ2) is 5.53. The number of fused-ring (bicyclic) bond motifs is 1. The van der Waals surface area contributed by atoms with E-state index in [0.29, 0.717) is 0 Å². The molecule has 4 heteroatoms. The summed E-state index contributed by atoms with van der Waals surface area (Å²) < 4.78 is 13.4. The van der Waals surface area contributed by atoms with Gasteiger partial charge in [0.05, 0.1) is 5.52 Å². The summed E-state index contributed by atoms with van der Waals surface area (Å²) in [7, 11) is 0. The molecule has 0 spiro atoms. The van der Waals surface area contributed by atoms with E-state index in [1.165, 1.54) is 12.1 Å². The largest absolute Gasteiger partial charge is 0.396 e. The summed E-state index contributed by atoms with van der Waals surface area (Å²) in [6.45, 7) is 5.99. The maximum absolute atomic E-state index is 13.4. The van der Waals surface area contributed by atoms with Gasteiger partial charge in [-0.1, -0.05) is 6.92 Å². The van der Waals surface area contributed by atoms with Crippen LogP contribution in [-0.2, 0) is 0 Å². The number of aliphatic hydroxyl groups excluding tert-OH is 1. The SMILES string of the molecule is Cc1cc(NC(C)C(C)CO)c2cc(F)ccc2n1. The number of anilines is 1. The minimum absolute atomic E-state index is 0.0956. The highest BCUT2D eigenvalue weighted by atomic mass is 19.1. The normalized spacial score (nSPS) is 14.4. The second-order valence-electron chi connectivity index (χ2n) is 5.07. The molecule has 0 fully saturated rings. The van der Waals surface area contributed by atoms with Crippen molar-refractivity contribution in [3.8, 4) is 0 Å². The molecule has 2 N–H and O–H groups in total. The van der Waals surface area contributed by atoms with Crippen molar-refractivity contribution in [2.45, 2.75) is 26.8 Å². The van der Waals surface area contributed by atoms with E-state index < -0.39 is 0 Å². The summed E-state index contributed by atoms with van der Waals surface area (Å²) in [5, 5.41) is 13.3. The van der Waals surface area contributed by atoms with Crippen LogP contribution in [0.4, 0.5) is 10.1 Å². The quantitative estimate of drug-likeness (QED) is 0.890. The molecule has 2 atom stereocenters. The molecular formula is C15H19FN2O. The molecule has 0 bridgehead atoms. The van der Waals surface area contributed by atoms with Crippen LogP contribution < -0.4 is 5.32 Å². The lowest BCUT2D eigenvalue weighted by atomic mass is 10.0. The van der Waals surface area contributed by atoms with Gasteiger partial charge in [-0.05, 0) is 44.0 Å². The third kappa shape index (κ3) is 3.01. The van der Waals surface area contributed by atoms with E-state index in [1.807, 2.05) is 26.8 Å². The van der Waals surface area contributed by atoms with Crippen LogP contribution >= 0.6 is 0 Å². The molecule has 3 nitrogen and oxygen atoms in total. The lowest BCUT2D eigenvalue weighted by Gasteiger charge is -2.21. The van der Waals surface area contributed by atoms with Crippen molar-refractivity contribution < 1.29 is 9.50 Å². The molecule has 2 rings (SSSR count). The monoisotopic (exact) mass is 262 g/mol. The van der Waals surface area contributed by atoms with Crippen molar-refractivity contribution in [1.29, 1.82) is 0 Å². The Balaban J connectivity index is 2.43. The summed E-state index contributed by atoms with van der Waals surface area (Å²) in [5.41, 5.74) is 2.51. The first-order valence-electron chi connectivity index (χ1n) is 6.45. The summed E-state index contributed by atoms with van der Waals surface area (Å²) in [5.74, 6) is -0.152. The van der Waals surface area contributed by atoms with E-state index in [-0.39, 0.29) is 24.4 Å². The van der Waals surface area contributed by atoms with E-state index >= 15 is 0 Å². The summed E-state index contributed by atoms with van der Waals surface area (Å²) >= 11 is 0. The van der Waals surface area contributed by atoms with E-state index in [0.717, 1.165) is 22.3 Å². The first-order chi connectivity index (χ1) is 9.01. The fourth-order valence-corrected chi connectivity index (χ4v) is 2.00. The van der Waals surface area contributed by atoms with Crippen molar-refractivity contribution in [3.05, 3.63) is 35.8 Å². The van der Waals surface area contributed by atoms with Crippen molar-refractivity contribution in [2.24, 2.45) is 5.92 Å². The van der Waals surface area contributed by atoms with Crippen molar-refractivity contribution >= 4 is 16.6 Å². The molecule has 0 radical (unpaired) electrons. The van der Waals surface area contributed by atoms with E-state index in [9.17, 15) is 9.50 Å².